The van der Waals surface area contributed by atoms with Crippen molar-refractivity contribution in [1.82, 2.24) is 14.7 Å². The first kappa shape index (κ1) is 15.3. The van der Waals surface area contributed by atoms with Crippen molar-refractivity contribution in [1.29, 1.82) is 0 Å². The van der Waals surface area contributed by atoms with Gasteiger partial charge in [0.25, 0.3) is 0 Å². The molecular formula is C18H20FN3O2. The minimum Gasteiger partial charge on any atom is -0.393 e. The van der Waals surface area contributed by atoms with Crippen molar-refractivity contribution >= 4 is 5.91 Å². The second kappa shape index (κ2) is 6.02. The zero-order chi connectivity index (χ0) is 16.7. The average molecular weight is 329 g/mol. The third-order valence-electron chi connectivity index (χ3n) is 5.24. The number of hydrogen-bond acceptors (Lipinski definition) is 3. The Morgan fingerprint density at radius 1 is 1.21 bits per heavy atom. The smallest absolute Gasteiger partial charge is 0.228 e. The van der Waals surface area contributed by atoms with Crippen LogP contribution in [0.15, 0.2) is 36.5 Å². The molecule has 126 valence electrons. The zero-order valence-corrected chi connectivity index (χ0v) is 13.3. The van der Waals surface area contributed by atoms with E-state index in [4.69, 9.17) is 0 Å². The summed E-state index contributed by atoms with van der Waals surface area (Å²) in [7, 11) is 0. The molecule has 1 aromatic heterocycles. The molecule has 2 fully saturated rings. The molecular weight excluding hydrogens is 309 g/mol. The summed E-state index contributed by atoms with van der Waals surface area (Å²) in [5.41, 5.74) is 1.45. The summed E-state index contributed by atoms with van der Waals surface area (Å²) < 4.78 is 14.6. The van der Waals surface area contributed by atoms with Gasteiger partial charge in [-0.2, -0.15) is 5.10 Å². The highest BCUT2D eigenvalue weighted by Crippen LogP contribution is 2.38. The summed E-state index contributed by atoms with van der Waals surface area (Å²) in [5.74, 6) is 0.454. The average Bonchev–Trinajstić information content (AvgIpc) is 3.26. The lowest BCUT2D eigenvalue weighted by Crippen LogP contribution is -2.32. The molecule has 0 spiro atoms. The fourth-order valence-corrected chi connectivity index (χ4v) is 3.90. The van der Waals surface area contributed by atoms with Gasteiger partial charge in [0.1, 0.15) is 5.82 Å². The van der Waals surface area contributed by atoms with Gasteiger partial charge in [-0.05, 0) is 49.1 Å². The lowest BCUT2D eigenvalue weighted by atomic mass is 10.00. The first-order valence-corrected chi connectivity index (χ1v) is 8.36. The number of aliphatic hydroxyl groups excluding tert-OH is 1. The number of aliphatic hydroxyl groups is 1. The van der Waals surface area contributed by atoms with Crippen molar-refractivity contribution < 1.29 is 14.3 Å². The van der Waals surface area contributed by atoms with Crippen LogP contribution in [0.4, 0.5) is 4.39 Å². The van der Waals surface area contributed by atoms with Gasteiger partial charge in [-0.15, -0.1) is 0 Å². The van der Waals surface area contributed by atoms with Crippen LogP contribution in [-0.2, 0) is 11.2 Å². The van der Waals surface area contributed by atoms with E-state index in [1.165, 1.54) is 12.1 Å². The number of aromatic nitrogens is 2. The summed E-state index contributed by atoms with van der Waals surface area (Å²) in [6.07, 6.45) is 3.64. The Kier molecular flexibility index (Phi) is 3.84. The summed E-state index contributed by atoms with van der Waals surface area (Å²) in [6.45, 7) is 1.41. The third kappa shape index (κ3) is 2.82. The summed E-state index contributed by atoms with van der Waals surface area (Å²) in [5, 5.41) is 14.4. The predicted octanol–water partition coefficient (Wildman–Crippen LogP) is 1.78. The van der Waals surface area contributed by atoms with Crippen LogP contribution in [-0.4, -0.2) is 44.9 Å². The van der Waals surface area contributed by atoms with Crippen LogP contribution in [0, 0.1) is 17.7 Å². The van der Waals surface area contributed by atoms with Crippen molar-refractivity contribution in [2.24, 2.45) is 11.8 Å². The van der Waals surface area contributed by atoms with Crippen molar-refractivity contribution in [3.05, 3.63) is 48.0 Å². The highest BCUT2D eigenvalue weighted by atomic mass is 19.1. The minimum absolute atomic E-state index is 0.0564. The topological polar surface area (TPSA) is 58.4 Å². The highest BCUT2D eigenvalue weighted by molar-refractivity contribution is 5.78. The number of amides is 1. The Bertz CT molecular complexity index is 743. The van der Waals surface area contributed by atoms with Gasteiger partial charge >= 0.3 is 0 Å². The fraction of sp³-hybridized carbons (Fsp3) is 0.444. The molecule has 1 saturated carbocycles. The summed E-state index contributed by atoms with van der Waals surface area (Å²) in [4.78, 5) is 14.3. The van der Waals surface area contributed by atoms with E-state index in [2.05, 4.69) is 5.10 Å². The Hall–Kier alpha value is -2.21. The van der Waals surface area contributed by atoms with Gasteiger partial charge in [0.2, 0.25) is 5.91 Å². The molecule has 0 bridgehead atoms. The SMILES string of the molecule is O=C(Cc1ccn(-c2ccc(F)cc2)n1)N1C[C@@H]2CC[C@@H](O)[C@H]2C1. The first-order chi connectivity index (χ1) is 11.6. The van der Waals surface area contributed by atoms with Crippen LogP contribution in [0.5, 0.6) is 0 Å². The van der Waals surface area contributed by atoms with E-state index in [9.17, 15) is 14.3 Å². The maximum Gasteiger partial charge on any atom is 0.228 e. The lowest BCUT2D eigenvalue weighted by molar-refractivity contribution is -0.129. The molecule has 0 radical (unpaired) electrons. The van der Waals surface area contributed by atoms with Gasteiger partial charge in [-0.25, -0.2) is 9.07 Å². The Morgan fingerprint density at radius 2 is 2.00 bits per heavy atom. The van der Waals surface area contributed by atoms with Crippen LogP contribution in [0.25, 0.3) is 5.69 Å². The third-order valence-corrected chi connectivity index (χ3v) is 5.24. The lowest BCUT2D eigenvalue weighted by Gasteiger charge is -2.17. The molecule has 0 unspecified atom stereocenters. The van der Waals surface area contributed by atoms with E-state index in [0.29, 0.717) is 18.2 Å². The van der Waals surface area contributed by atoms with Gasteiger partial charge in [0.05, 0.1) is 23.9 Å². The number of rotatable bonds is 3. The molecule has 1 N–H and O–H groups in total. The Balaban J connectivity index is 1.41. The van der Waals surface area contributed by atoms with E-state index in [1.54, 1.807) is 23.0 Å². The molecule has 2 aliphatic rings. The molecule has 2 aromatic rings. The molecule has 1 aliphatic carbocycles. The van der Waals surface area contributed by atoms with Crippen LogP contribution >= 0.6 is 0 Å². The second-order valence-electron chi connectivity index (χ2n) is 6.77. The quantitative estimate of drug-likeness (QED) is 0.934. The van der Waals surface area contributed by atoms with Gasteiger partial charge in [-0.1, -0.05) is 0 Å². The van der Waals surface area contributed by atoms with E-state index in [0.717, 1.165) is 25.1 Å². The molecule has 5 nitrogen and oxygen atoms in total. The fourth-order valence-electron chi connectivity index (χ4n) is 3.90. The van der Waals surface area contributed by atoms with E-state index in [1.807, 2.05) is 11.0 Å². The molecule has 1 amide bonds. The number of likely N-dealkylation sites (tertiary alicyclic amines) is 1. The molecule has 4 rings (SSSR count). The maximum absolute atomic E-state index is 13.0. The largest absolute Gasteiger partial charge is 0.393 e. The minimum atomic E-state index is -0.289. The number of fused-ring (bicyclic) bond motifs is 1. The molecule has 1 aromatic carbocycles. The number of carbonyl (C=O) groups excluding carboxylic acids is 1. The number of nitrogens with zero attached hydrogens (tertiary/aromatic N) is 3. The Morgan fingerprint density at radius 3 is 2.75 bits per heavy atom. The molecule has 6 heteroatoms. The molecule has 1 saturated heterocycles. The van der Waals surface area contributed by atoms with Crippen molar-refractivity contribution in [2.75, 3.05) is 13.1 Å². The maximum atomic E-state index is 13.0. The monoisotopic (exact) mass is 329 g/mol. The van der Waals surface area contributed by atoms with Crippen molar-refractivity contribution in [3.8, 4) is 5.69 Å². The summed E-state index contributed by atoms with van der Waals surface area (Å²) >= 11 is 0. The van der Waals surface area contributed by atoms with E-state index >= 15 is 0 Å². The first-order valence-electron chi connectivity index (χ1n) is 8.36. The normalized spacial score (nSPS) is 25.9. The number of hydrogen-bond donors (Lipinski definition) is 1. The predicted molar refractivity (Wildman–Crippen MR) is 86.0 cm³/mol. The summed E-state index contributed by atoms with van der Waals surface area (Å²) in [6, 6.07) is 7.88. The number of carbonyl (C=O) groups is 1. The van der Waals surface area contributed by atoms with Gasteiger partial charge in [-0.3, -0.25) is 4.79 Å². The van der Waals surface area contributed by atoms with Crippen LogP contribution in [0.2, 0.25) is 0 Å². The zero-order valence-electron chi connectivity index (χ0n) is 13.3. The van der Waals surface area contributed by atoms with Crippen LogP contribution < -0.4 is 0 Å². The second-order valence-corrected chi connectivity index (χ2v) is 6.77. The number of halogens is 1. The molecule has 3 atom stereocenters. The van der Waals surface area contributed by atoms with Gasteiger partial charge < -0.3 is 10.0 Å². The van der Waals surface area contributed by atoms with Crippen LogP contribution in [0.1, 0.15) is 18.5 Å². The standard InChI is InChI=1S/C18H20FN3O2/c19-13-2-4-15(5-3-13)22-8-7-14(20-22)9-18(24)21-10-12-1-6-17(23)16(12)11-21/h2-5,7-8,12,16-17,23H,1,6,9-11H2/t12-,16-,17+/m0/s1. The Labute approximate surface area is 139 Å². The molecule has 1 aliphatic heterocycles. The van der Waals surface area contributed by atoms with Crippen molar-refractivity contribution in [2.45, 2.75) is 25.4 Å². The van der Waals surface area contributed by atoms with Crippen LogP contribution in [0.3, 0.4) is 0 Å². The van der Waals surface area contributed by atoms with Crippen molar-refractivity contribution in [3.63, 3.8) is 0 Å². The van der Waals surface area contributed by atoms with Gasteiger partial charge in [0.15, 0.2) is 0 Å². The van der Waals surface area contributed by atoms with E-state index < -0.39 is 0 Å². The highest BCUT2D eigenvalue weighted by Gasteiger charge is 2.43. The molecule has 2 heterocycles. The molecule has 24 heavy (non-hydrogen) atoms. The van der Waals surface area contributed by atoms with E-state index in [-0.39, 0.29) is 30.2 Å². The van der Waals surface area contributed by atoms with Gasteiger partial charge in [0, 0.05) is 25.2 Å². The number of benzene rings is 1.